The molecule has 0 bridgehead atoms. The maximum atomic E-state index is 13.2. The number of halogens is 3. The predicted molar refractivity (Wildman–Crippen MR) is 60.6 cm³/mol. The second-order valence-corrected chi connectivity index (χ2v) is 4.56. The van der Waals surface area contributed by atoms with Crippen LogP contribution in [0.15, 0.2) is 6.07 Å². The van der Waals surface area contributed by atoms with Crippen molar-refractivity contribution in [1.29, 1.82) is 0 Å². The van der Waals surface area contributed by atoms with Gasteiger partial charge in [-0.05, 0) is 30.0 Å². The number of carbonyl (C=O) groups excluding carboxylic acids is 1. The van der Waals surface area contributed by atoms with Crippen LogP contribution in [0.25, 0.3) is 0 Å². The summed E-state index contributed by atoms with van der Waals surface area (Å²) >= 11 is 0. The van der Waals surface area contributed by atoms with E-state index in [9.17, 15) is 18.0 Å². The molecule has 2 aliphatic heterocycles. The molecule has 3 rings (SSSR count). The number of alkyl halides is 3. The van der Waals surface area contributed by atoms with E-state index in [0.29, 0.717) is 24.2 Å². The van der Waals surface area contributed by atoms with Crippen molar-refractivity contribution >= 4 is 17.3 Å². The van der Waals surface area contributed by atoms with Gasteiger partial charge in [0.1, 0.15) is 0 Å². The molecule has 0 saturated carbocycles. The van der Waals surface area contributed by atoms with Gasteiger partial charge in [-0.3, -0.25) is 4.79 Å². The first-order valence-corrected chi connectivity index (χ1v) is 5.76. The van der Waals surface area contributed by atoms with Crippen LogP contribution in [-0.4, -0.2) is 12.5 Å². The normalized spacial score (nSPS) is 17.8. The topological polar surface area (TPSA) is 41.1 Å². The molecule has 0 aliphatic carbocycles. The van der Waals surface area contributed by atoms with Gasteiger partial charge in [0, 0.05) is 12.2 Å². The van der Waals surface area contributed by atoms with Crippen LogP contribution in [0.2, 0.25) is 0 Å². The number of hydrogen-bond acceptors (Lipinski definition) is 2. The van der Waals surface area contributed by atoms with E-state index in [1.54, 1.807) is 6.07 Å². The van der Waals surface area contributed by atoms with Crippen molar-refractivity contribution in [3.63, 3.8) is 0 Å². The average Bonchev–Trinajstić information content (AvgIpc) is 2.63. The summed E-state index contributed by atoms with van der Waals surface area (Å²) in [5.74, 6) is -0.377. The first-order valence-electron chi connectivity index (χ1n) is 5.76. The lowest BCUT2D eigenvalue weighted by atomic mass is 9.93. The number of nitrogens with one attached hydrogen (secondary N) is 2. The number of rotatable bonds is 0. The van der Waals surface area contributed by atoms with Crippen molar-refractivity contribution in [1.82, 2.24) is 0 Å². The summed E-state index contributed by atoms with van der Waals surface area (Å²) in [4.78, 5) is 11.3. The molecule has 1 aromatic rings. The van der Waals surface area contributed by atoms with Crippen molar-refractivity contribution in [2.75, 3.05) is 17.2 Å². The Kier molecular flexibility index (Phi) is 2.30. The zero-order valence-electron chi connectivity index (χ0n) is 9.45. The highest BCUT2D eigenvalue weighted by molar-refractivity contribution is 6.01. The van der Waals surface area contributed by atoms with Gasteiger partial charge in [-0.25, -0.2) is 0 Å². The van der Waals surface area contributed by atoms with Gasteiger partial charge in [-0.2, -0.15) is 13.2 Å². The summed E-state index contributed by atoms with van der Waals surface area (Å²) in [6.45, 7) is 0.538. The highest BCUT2D eigenvalue weighted by atomic mass is 19.4. The van der Waals surface area contributed by atoms with Crippen LogP contribution in [-0.2, 0) is 23.8 Å². The van der Waals surface area contributed by atoms with Gasteiger partial charge in [0.05, 0.1) is 17.7 Å². The van der Waals surface area contributed by atoms with Crippen LogP contribution in [0.5, 0.6) is 0 Å². The van der Waals surface area contributed by atoms with Gasteiger partial charge in [0.15, 0.2) is 0 Å². The minimum atomic E-state index is -4.44. The standard InChI is InChI=1S/C12H11F3N2O/c13-12(14,15)10-7-5-9(18)17-8(7)4-6-2-1-3-16-11(6)10/h4,16H,1-3,5H2,(H,17,18). The minimum Gasteiger partial charge on any atom is -0.384 e. The smallest absolute Gasteiger partial charge is 0.384 e. The van der Waals surface area contributed by atoms with Crippen LogP contribution in [0.3, 0.4) is 0 Å². The Morgan fingerprint density at radius 2 is 2.06 bits per heavy atom. The molecule has 18 heavy (non-hydrogen) atoms. The fourth-order valence-corrected chi connectivity index (χ4v) is 2.63. The van der Waals surface area contributed by atoms with E-state index in [4.69, 9.17) is 0 Å². The summed E-state index contributed by atoms with van der Waals surface area (Å²) in [5, 5.41) is 5.32. The van der Waals surface area contributed by atoms with E-state index < -0.39 is 11.7 Å². The van der Waals surface area contributed by atoms with E-state index in [2.05, 4.69) is 10.6 Å². The zero-order valence-corrected chi connectivity index (χ0v) is 9.45. The molecule has 2 heterocycles. The molecule has 0 spiro atoms. The maximum Gasteiger partial charge on any atom is 0.418 e. The minimum absolute atomic E-state index is 0.0700. The molecule has 0 aromatic heterocycles. The maximum absolute atomic E-state index is 13.2. The van der Waals surface area contributed by atoms with Crippen LogP contribution >= 0.6 is 0 Å². The van der Waals surface area contributed by atoms with E-state index in [1.165, 1.54) is 0 Å². The molecule has 0 radical (unpaired) electrons. The van der Waals surface area contributed by atoms with Gasteiger partial charge >= 0.3 is 6.18 Å². The number of fused-ring (bicyclic) bond motifs is 2. The molecule has 3 nitrogen and oxygen atoms in total. The van der Waals surface area contributed by atoms with Gasteiger partial charge in [0.25, 0.3) is 0 Å². The van der Waals surface area contributed by atoms with Crippen LogP contribution < -0.4 is 10.6 Å². The highest BCUT2D eigenvalue weighted by Gasteiger charge is 2.41. The van der Waals surface area contributed by atoms with Gasteiger partial charge < -0.3 is 10.6 Å². The first-order chi connectivity index (χ1) is 8.47. The largest absolute Gasteiger partial charge is 0.418 e. The van der Waals surface area contributed by atoms with Gasteiger partial charge in [-0.1, -0.05) is 0 Å². The first kappa shape index (κ1) is 11.4. The monoisotopic (exact) mass is 256 g/mol. The molecule has 0 unspecified atom stereocenters. The number of aryl methyl sites for hydroxylation is 1. The predicted octanol–water partition coefficient (Wildman–Crippen LogP) is 2.56. The van der Waals surface area contributed by atoms with E-state index in [1.807, 2.05) is 0 Å². The summed E-state index contributed by atoms with van der Waals surface area (Å²) in [6.07, 6.45) is -3.23. The number of hydrogen-bond donors (Lipinski definition) is 2. The lowest BCUT2D eigenvalue weighted by Crippen LogP contribution is -2.19. The second kappa shape index (κ2) is 3.63. The Morgan fingerprint density at radius 1 is 1.28 bits per heavy atom. The van der Waals surface area contributed by atoms with Crippen molar-refractivity contribution in [3.05, 3.63) is 22.8 Å². The molecule has 2 aliphatic rings. The quantitative estimate of drug-likeness (QED) is 0.749. The molecule has 2 N–H and O–H groups in total. The van der Waals surface area contributed by atoms with Crippen LogP contribution in [0.1, 0.15) is 23.1 Å². The zero-order chi connectivity index (χ0) is 12.9. The summed E-state index contributed by atoms with van der Waals surface area (Å²) in [5.41, 5.74) is 0.502. The van der Waals surface area contributed by atoms with E-state index in [0.717, 1.165) is 6.42 Å². The number of anilines is 2. The summed E-state index contributed by atoms with van der Waals surface area (Å²) in [7, 11) is 0. The lowest BCUT2D eigenvalue weighted by Gasteiger charge is -2.24. The van der Waals surface area contributed by atoms with Crippen molar-refractivity contribution in [2.45, 2.75) is 25.4 Å². The highest BCUT2D eigenvalue weighted by Crippen LogP contribution is 2.45. The van der Waals surface area contributed by atoms with Crippen LogP contribution in [0.4, 0.5) is 24.5 Å². The van der Waals surface area contributed by atoms with Gasteiger partial charge in [-0.15, -0.1) is 0 Å². The Hall–Kier alpha value is -1.72. The Bertz CT molecular complexity index is 537. The second-order valence-electron chi connectivity index (χ2n) is 4.56. The fourth-order valence-electron chi connectivity index (χ4n) is 2.63. The SMILES string of the molecule is O=C1Cc2c(cc3c(c2C(F)(F)F)NCCC3)N1. The Morgan fingerprint density at radius 3 is 2.78 bits per heavy atom. The third kappa shape index (κ3) is 1.63. The molecule has 6 heteroatoms. The molecular weight excluding hydrogens is 245 g/mol. The van der Waals surface area contributed by atoms with E-state index >= 15 is 0 Å². The third-order valence-corrected chi connectivity index (χ3v) is 3.34. The third-order valence-electron chi connectivity index (χ3n) is 3.34. The fraction of sp³-hybridized carbons (Fsp3) is 0.417. The molecule has 96 valence electrons. The van der Waals surface area contributed by atoms with E-state index in [-0.39, 0.29) is 23.6 Å². The number of benzene rings is 1. The molecule has 0 saturated heterocycles. The van der Waals surface area contributed by atoms with Gasteiger partial charge in [0.2, 0.25) is 5.91 Å². The molecular formula is C12H11F3N2O. The summed E-state index contributed by atoms with van der Waals surface area (Å²) in [6, 6.07) is 1.66. The van der Waals surface area contributed by atoms with Crippen molar-refractivity contribution in [3.8, 4) is 0 Å². The summed E-state index contributed by atoms with van der Waals surface area (Å²) < 4.78 is 39.5. The van der Waals surface area contributed by atoms with Crippen molar-refractivity contribution in [2.24, 2.45) is 0 Å². The molecule has 0 fully saturated rings. The Labute approximate surface area is 101 Å². The number of carbonyl (C=O) groups is 1. The van der Waals surface area contributed by atoms with Crippen molar-refractivity contribution < 1.29 is 18.0 Å². The molecule has 1 aromatic carbocycles. The molecule has 0 atom stereocenters. The Balaban J connectivity index is 2.26. The average molecular weight is 256 g/mol. The molecule has 1 amide bonds. The lowest BCUT2D eigenvalue weighted by molar-refractivity contribution is -0.137. The van der Waals surface area contributed by atoms with Crippen LogP contribution in [0, 0.1) is 0 Å². The number of amides is 1.